The van der Waals surface area contributed by atoms with E-state index >= 15 is 0 Å². The lowest BCUT2D eigenvalue weighted by molar-refractivity contribution is -0.137. The molecule has 1 unspecified atom stereocenters. The van der Waals surface area contributed by atoms with Gasteiger partial charge in [-0.1, -0.05) is 30.3 Å². The predicted octanol–water partition coefficient (Wildman–Crippen LogP) is 6.39. The van der Waals surface area contributed by atoms with Crippen molar-refractivity contribution in [2.45, 2.75) is 12.2 Å². The molecule has 2 aliphatic heterocycles. The largest absolute Gasteiger partial charge is 0.457 e. The van der Waals surface area contributed by atoms with Crippen LogP contribution in [0.5, 0.6) is 11.5 Å². The van der Waals surface area contributed by atoms with Gasteiger partial charge in [-0.3, -0.25) is 4.90 Å². The highest BCUT2D eigenvalue weighted by Gasteiger charge is 2.37. The molecule has 0 spiro atoms. The zero-order valence-corrected chi connectivity index (χ0v) is 21.7. The summed E-state index contributed by atoms with van der Waals surface area (Å²) in [5.41, 5.74) is 0.796. The lowest BCUT2D eigenvalue weighted by Gasteiger charge is -2.30. The van der Waals surface area contributed by atoms with Crippen molar-refractivity contribution in [1.82, 2.24) is 15.1 Å². The Morgan fingerprint density at radius 3 is 2.24 bits per heavy atom. The summed E-state index contributed by atoms with van der Waals surface area (Å²) in [6, 6.07) is 19.9. The van der Waals surface area contributed by atoms with Crippen molar-refractivity contribution >= 4 is 17.3 Å². The van der Waals surface area contributed by atoms with E-state index in [1.54, 1.807) is 30.3 Å². The molecule has 0 aromatic heterocycles. The molecule has 3 aromatic rings. The average molecular weight is 543 g/mol. The summed E-state index contributed by atoms with van der Waals surface area (Å²) >= 11 is 5.96. The highest BCUT2D eigenvalue weighted by Crippen LogP contribution is 2.40. The molecule has 0 bridgehead atoms. The lowest BCUT2D eigenvalue weighted by Crippen LogP contribution is -2.46. The van der Waals surface area contributed by atoms with E-state index in [2.05, 4.69) is 21.7 Å². The second-order valence-electron chi connectivity index (χ2n) is 9.51. The van der Waals surface area contributed by atoms with E-state index in [4.69, 9.17) is 16.3 Å². The first-order valence-corrected chi connectivity index (χ1v) is 13.0. The third kappa shape index (κ3) is 6.09. The van der Waals surface area contributed by atoms with E-state index < -0.39 is 11.7 Å². The Balaban J connectivity index is 1.39. The second kappa shape index (κ2) is 11.3. The Morgan fingerprint density at radius 1 is 0.921 bits per heavy atom. The number of rotatable bonds is 7. The van der Waals surface area contributed by atoms with Crippen LogP contribution in [0.25, 0.3) is 0 Å². The van der Waals surface area contributed by atoms with Gasteiger partial charge >= 0.3 is 6.18 Å². The van der Waals surface area contributed by atoms with Gasteiger partial charge in [0.05, 0.1) is 11.6 Å². The van der Waals surface area contributed by atoms with Crippen LogP contribution in [-0.4, -0.2) is 55.6 Å². The Kier molecular flexibility index (Phi) is 7.83. The van der Waals surface area contributed by atoms with Crippen LogP contribution >= 0.6 is 11.6 Å². The van der Waals surface area contributed by atoms with Crippen LogP contribution in [0.2, 0.25) is 5.02 Å². The maximum absolute atomic E-state index is 13.5. The molecule has 5 rings (SSSR count). The first kappa shape index (κ1) is 26.4. The number of hydrogen-bond donors (Lipinski definition) is 1. The topological polar surface area (TPSA) is 31.0 Å². The molecular formula is C29H30ClF3N4O. The van der Waals surface area contributed by atoms with Gasteiger partial charge in [-0.25, -0.2) is 0 Å². The van der Waals surface area contributed by atoms with Gasteiger partial charge in [0.1, 0.15) is 17.3 Å². The van der Waals surface area contributed by atoms with E-state index in [1.165, 1.54) is 12.1 Å². The van der Waals surface area contributed by atoms with Crippen molar-refractivity contribution in [2.24, 2.45) is 0 Å². The standard InChI is InChI=1S/C29H30ClF3N4O/c1-21-36(18-17-35-15-13-34-14-16-35)20-28(22-3-2-4-23(19-22)29(31,32)33)37(21)25-7-11-27(12-8-25)38-26-9-5-24(30)6-10-26/h2-12,19,28,34H,1,13-18,20H2. The third-order valence-electron chi connectivity index (χ3n) is 7.01. The average Bonchev–Trinajstić information content (AvgIpc) is 3.25. The highest BCUT2D eigenvalue weighted by molar-refractivity contribution is 6.30. The SMILES string of the molecule is C=C1N(CCN2CCNCC2)CC(c2cccc(C(F)(F)F)c2)N1c1ccc(Oc2ccc(Cl)cc2)cc1. The van der Waals surface area contributed by atoms with Gasteiger partial charge in [-0.2, -0.15) is 13.2 Å². The third-order valence-corrected chi connectivity index (χ3v) is 7.26. The van der Waals surface area contributed by atoms with Gasteiger partial charge in [-0.05, 0) is 66.2 Å². The maximum Gasteiger partial charge on any atom is 0.416 e. The van der Waals surface area contributed by atoms with Gasteiger partial charge in [0, 0.05) is 56.5 Å². The molecule has 2 saturated heterocycles. The van der Waals surface area contributed by atoms with Crippen LogP contribution in [0.1, 0.15) is 17.2 Å². The Labute approximate surface area is 226 Å². The molecule has 0 saturated carbocycles. The molecule has 5 nitrogen and oxygen atoms in total. The smallest absolute Gasteiger partial charge is 0.416 e. The van der Waals surface area contributed by atoms with Gasteiger partial charge in [0.2, 0.25) is 0 Å². The summed E-state index contributed by atoms with van der Waals surface area (Å²) in [6.45, 7) is 10.4. The van der Waals surface area contributed by atoms with E-state index in [0.717, 1.165) is 56.8 Å². The maximum atomic E-state index is 13.5. The van der Waals surface area contributed by atoms with Gasteiger partial charge in [0.15, 0.2) is 0 Å². The number of nitrogens with zero attached hydrogens (tertiary/aromatic N) is 3. The van der Waals surface area contributed by atoms with Crippen LogP contribution in [0.3, 0.4) is 0 Å². The zero-order valence-electron chi connectivity index (χ0n) is 20.9. The fourth-order valence-electron chi connectivity index (χ4n) is 4.96. The Hall–Kier alpha value is -3.20. The minimum absolute atomic E-state index is 0.309. The fraction of sp³-hybridized carbons (Fsp3) is 0.310. The first-order valence-electron chi connectivity index (χ1n) is 12.6. The van der Waals surface area contributed by atoms with Crippen molar-refractivity contribution in [3.8, 4) is 11.5 Å². The van der Waals surface area contributed by atoms with Gasteiger partial charge < -0.3 is 19.9 Å². The van der Waals surface area contributed by atoms with Crippen LogP contribution in [0.4, 0.5) is 18.9 Å². The van der Waals surface area contributed by atoms with Crippen molar-refractivity contribution in [2.75, 3.05) is 50.7 Å². The quantitative estimate of drug-likeness (QED) is 0.374. The minimum Gasteiger partial charge on any atom is -0.457 e. The minimum atomic E-state index is -4.40. The molecule has 2 heterocycles. The molecule has 3 aromatic carbocycles. The fourth-order valence-corrected chi connectivity index (χ4v) is 5.09. The highest BCUT2D eigenvalue weighted by atomic mass is 35.5. The number of ether oxygens (including phenoxy) is 1. The lowest BCUT2D eigenvalue weighted by atomic mass is 10.0. The molecule has 1 N–H and O–H groups in total. The molecule has 1 atom stereocenters. The molecule has 2 fully saturated rings. The van der Waals surface area contributed by atoms with Crippen molar-refractivity contribution in [3.05, 3.63) is 101 Å². The first-order chi connectivity index (χ1) is 18.3. The van der Waals surface area contributed by atoms with E-state index in [-0.39, 0.29) is 6.04 Å². The van der Waals surface area contributed by atoms with Crippen molar-refractivity contribution < 1.29 is 17.9 Å². The van der Waals surface area contributed by atoms with Crippen molar-refractivity contribution in [1.29, 1.82) is 0 Å². The number of nitrogens with one attached hydrogen (secondary N) is 1. The molecular weight excluding hydrogens is 513 g/mol. The Morgan fingerprint density at radius 2 is 1.58 bits per heavy atom. The molecule has 38 heavy (non-hydrogen) atoms. The van der Waals surface area contributed by atoms with Crippen LogP contribution in [0.15, 0.2) is 85.2 Å². The molecule has 200 valence electrons. The van der Waals surface area contributed by atoms with E-state index in [0.29, 0.717) is 28.6 Å². The van der Waals surface area contributed by atoms with E-state index in [9.17, 15) is 13.2 Å². The number of benzene rings is 3. The number of piperazine rings is 1. The van der Waals surface area contributed by atoms with Gasteiger partial charge in [-0.15, -0.1) is 0 Å². The normalized spacial score (nSPS) is 18.7. The summed E-state index contributed by atoms with van der Waals surface area (Å²) < 4.78 is 46.5. The summed E-state index contributed by atoms with van der Waals surface area (Å²) in [6.07, 6.45) is -4.40. The molecule has 2 aliphatic rings. The number of hydrogen-bond acceptors (Lipinski definition) is 5. The second-order valence-corrected chi connectivity index (χ2v) is 9.95. The summed E-state index contributed by atoms with van der Waals surface area (Å²) in [7, 11) is 0. The predicted molar refractivity (Wildman–Crippen MR) is 145 cm³/mol. The van der Waals surface area contributed by atoms with Crippen molar-refractivity contribution in [3.63, 3.8) is 0 Å². The number of anilines is 1. The summed E-state index contributed by atoms with van der Waals surface area (Å²) in [4.78, 5) is 6.60. The number of halogens is 4. The molecule has 0 aliphatic carbocycles. The molecule has 9 heteroatoms. The van der Waals surface area contributed by atoms with Crippen LogP contribution < -0.4 is 15.0 Å². The summed E-state index contributed by atoms with van der Waals surface area (Å²) in [5, 5.41) is 3.99. The number of alkyl halides is 3. The molecule has 0 radical (unpaired) electrons. The van der Waals surface area contributed by atoms with Gasteiger partial charge in [0.25, 0.3) is 0 Å². The monoisotopic (exact) mass is 542 g/mol. The summed E-state index contributed by atoms with van der Waals surface area (Å²) in [5.74, 6) is 2.08. The molecule has 0 amide bonds. The Bertz CT molecular complexity index is 1240. The van der Waals surface area contributed by atoms with E-state index in [1.807, 2.05) is 29.2 Å². The zero-order chi connectivity index (χ0) is 26.7. The van der Waals surface area contributed by atoms with Crippen LogP contribution in [-0.2, 0) is 6.18 Å². The van der Waals surface area contributed by atoms with Crippen LogP contribution in [0, 0.1) is 0 Å².